The number of ether oxygens (including phenoxy) is 1. The highest BCUT2D eigenvalue weighted by Gasteiger charge is 2.03. The van der Waals surface area contributed by atoms with E-state index >= 15 is 0 Å². The van der Waals surface area contributed by atoms with Crippen LogP contribution in [0, 0.1) is 0 Å². The third-order valence-electron chi connectivity index (χ3n) is 2.98. The summed E-state index contributed by atoms with van der Waals surface area (Å²) in [7, 11) is 0. The lowest BCUT2D eigenvalue weighted by Gasteiger charge is -2.09. The van der Waals surface area contributed by atoms with E-state index in [4.69, 9.17) is 16.3 Å². The Morgan fingerprint density at radius 3 is 2.80 bits per heavy atom. The minimum absolute atomic E-state index is 0.448. The van der Waals surface area contributed by atoms with Crippen molar-refractivity contribution in [1.29, 1.82) is 0 Å². The van der Waals surface area contributed by atoms with Gasteiger partial charge >= 0.3 is 0 Å². The maximum Gasteiger partial charge on any atom is 0.130 e. The van der Waals surface area contributed by atoms with Crippen LogP contribution in [0.2, 0.25) is 5.02 Å². The van der Waals surface area contributed by atoms with E-state index in [9.17, 15) is 0 Å². The standard InChI is InChI=1S/C16H19ClN2O/c1-3-12-9-15(5-6-16(12)17)20-11-14-10-13(18-4-2)7-8-19-14/h5-10H,3-4,11H2,1-2H3,(H,18,19). The fourth-order valence-corrected chi connectivity index (χ4v) is 2.19. The number of aryl methyl sites for hydroxylation is 1. The number of hydrogen-bond donors (Lipinski definition) is 1. The quantitative estimate of drug-likeness (QED) is 0.861. The number of halogens is 1. The predicted octanol–water partition coefficient (Wildman–Crippen LogP) is 4.31. The van der Waals surface area contributed by atoms with Crippen LogP contribution in [0.4, 0.5) is 5.69 Å². The first-order valence-corrected chi connectivity index (χ1v) is 7.20. The van der Waals surface area contributed by atoms with Crippen LogP contribution in [0.5, 0.6) is 5.75 Å². The average molecular weight is 291 g/mol. The maximum atomic E-state index is 6.09. The summed E-state index contributed by atoms with van der Waals surface area (Å²) in [6, 6.07) is 9.69. The number of nitrogens with one attached hydrogen (secondary N) is 1. The van der Waals surface area contributed by atoms with Crippen molar-refractivity contribution in [3.05, 3.63) is 52.8 Å². The zero-order valence-electron chi connectivity index (χ0n) is 11.8. The molecule has 0 spiro atoms. The van der Waals surface area contributed by atoms with Gasteiger partial charge in [-0.2, -0.15) is 0 Å². The van der Waals surface area contributed by atoms with Crippen LogP contribution in [0.1, 0.15) is 25.1 Å². The fraction of sp³-hybridized carbons (Fsp3) is 0.312. The number of nitrogens with zero attached hydrogens (tertiary/aromatic N) is 1. The summed E-state index contributed by atoms with van der Waals surface area (Å²) in [5.74, 6) is 0.821. The molecule has 0 saturated carbocycles. The van der Waals surface area contributed by atoms with E-state index in [0.29, 0.717) is 6.61 Å². The molecule has 0 fully saturated rings. The molecule has 0 amide bonds. The van der Waals surface area contributed by atoms with Crippen LogP contribution in [0.15, 0.2) is 36.5 Å². The summed E-state index contributed by atoms with van der Waals surface area (Å²) in [5, 5.41) is 4.04. The molecule has 0 aliphatic heterocycles. The molecule has 1 aromatic carbocycles. The van der Waals surface area contributed by atoms with Gasteiger partial charge in [-0.3, -0.25) is 4.98 Å². The Labute approximate surface area is 124 Å². The van der Waals surface area contributed by atoms with Gasteiger partial charge in [0.05, 0.1) is 5.69 Å². The third-order valence-corrected chi connectivity index (χ3v) is 3.35. The second-order valence-electron chi connectivity index (χ2n) is 4.46. The first kappa shape index (κ1) is 14.7. The Bertz CT molecular complexity index is 572. The van der Waals surface area contributed by atoms with Crippen molar-refractivity contribution < 1.29 is 4.74 Å². The van der Waals surface area contributed by atoms with Crippen LogP contribution in [-0.2, 0) is 13.0 Å². The summed E-state index contributed by atoms with van der Waals surface area (Å²) in [6.45, 7) is 5.48. The Balaban J connectivity index is 2.03. The first-order valence-electron chi connectivity index (χ1n) is 6.83. The number of hydrogen-bond acceptors (Lipinski definition) is 3. The lowest BCUT2D eigenvalue weighted by molar-refractivity contribution is 0.301. The molecule has 1 N–H and O–H groups in total. The second-order valence-corrected chi connectivity index (χ2v) is 4.87. The van der Waals surface area contributed by atoms with Gasteiger partial charge in [0.25, 0.3) is 0 Å². The van der Waals surface area contributed by atoms with Crippen molar-refractivity contribution in [2.45, 2.75) is 26.9 Å². The van der Waals surface area contributed by atoms with Gasteiger partial charge in [0, 0.05) is 23.5 Å². The number of pyridine rings is 1. The van der Waals surface area contributed by atoms with Gasteiger partial charge in [-0.05, 0) is 49.2 Å². The average Bonchev–Trinajstić information content (AvgIpc) is 2.47. The third kappa shape index (κ3) is 3.87. The molecule has 3 nitrogen and oxygen atoms in total. The minimum Gasteiger partial charge on any atom is -0.487 e. The SMILES string of the molecule is CCNc1ccnc(COc2ccc(Cl)c(CC)c2)c1. The van der Waals surface area contributed by atoms with Crippen LogP contribution < -0.4 is 10.1 Å². The molecule has 20 heavy (non-hydrogen) atoms. The van der Waals surface area contributed by atoms with Gasteiger partial charge in [-0.25, -0.2) is 0 Å². The molecule has 0 aliphatic carbocycles. The lowest BCUT2D eigenvalue weighted by Crippen LogP contribution is -2.01. The molecule has 2 rings (SSSR count). The normalized spacial score (nSPS) is 10.3. The highest BCUT2D eigenvalue weighted by molar-refractivity contribution is 6.31. The van der Waals surface area contributed by atoms with Crippen molar-refractivity contribution in [2.24, 2.45) is 0 Å². The molecule has 0 radical (unpaired) electrons. The van der Waals surface area contributed by atoms with Crippen molar-refractivity contribution in [3.63, 3.8) is 0 Å². The van der Waals surface area contributed by atoms with Crippen molar-refractivity contribution in [3.8, 4) is 5.75 Å². The molecule has 0 unspecified atom stereocenters. The highest BCUT2D eigenvalue weighted by Crippen LogP contribution is 2.23. The summed E-state index contributed by atoms with van der Waals surface area (Å²) in [4.78, 5) is 4.31. The zero-order valence-corrected chi connectivity index (χ0v) is 12.6. The van der Waals surface area contributed by atoms with Gasteiger partial charge in [0.15, 0.2) is 0 Å². The molecule has 106 valence electrons. The number of anilines is 1. The van der Waals surface area contributed by atoms with Crippen molar-refractivity contribution in [2.75, 3.05) is 11.9 Å². The monoisotopic (exact) mass is 290 g/mol. The second kappa shape index (κ2) is 7.15. The van der Waals surface area contributed by atoms with E-state index < -0.39 is 0 Å². The number of rotatable bonds is 6. The van der Waals surface area contributed by atoms with Gasteiger partial charge in [0.1, 0.15) is 12.4 Å². The van der Waals surface area contributed by atoms with Gasteiger partial charge in [-0.15, -0.1) is 0 Å². The Kier molecular flexibility index (Phi) is 5.24. The maximum absolute atomic E-state index is 6.09. The van der Waals surface area contributed by atoms with Crippen molar-refractivity contribution >= 4 is 17.3 Å². The molecular weight excluding hydrogens is 272 g/mol. The van der Waals surface area contributed by atoms with Gasteiger partial charge in [0.2, 0.25) is 0 Å². The fourth-order valence-electron chi connectivity index (χ4n) is 1.94. The van der Waals surface area contributed by atoms with E-state index in [1.807, 2.05) is 30.3 Å². The van der Waals surface area contributed by atoms with E-state index in [-0.39, 0.29) is 0 Å². The molecule has 0 aliphatic rings. The summed E-state index contributed by atoms with van der Waals surface area (Å²) in [6.07, 6.45) is 2.68. The van der Waals surface area contributed by atoms with Gasteiger partial charge < -0.3 is 10.1 Å². The predicted molar refractivity (Wildman–Crippen MR) is 83.6 cm³/mol. The van der Waals surface area contributed by atoms with E-state index in [2.05, 4.69) is 24.1 Å². The van der Waals surface area contributed by atoms with Crippen LogP contribution in [0.3, 0.4) is 0 Å². The molecule has 2 aromatic rings. The molecule has 0 bridgehead atoms. The van der Waals surface area contributed by atoms with E-state index in [1.54, 1.807) is 6.20 Å². The zero-order chi connectivity index (χ0) is 14.4. The summed E-state index contributed by atoms with van der Waals surface area (Å²) in [5.41, 5.74) is 3.06. The molecular formula is C16H19ClN2O. The van der Waals surface area contributed by atoms with Gasteiger partial charge in [-0.1, -0.05) is 18.5 Å². The molecule has 4 heteroatoms. The summed E-state index contributed by atoms with van der Waals surface area (Å²) < 4.78 is 5.77. The first-order chi connectivity index (χ1) is 9.72. The summed E-state index contributed by atoms with van der Waals surface area (Å²) >= 11 is 6.09. The van der Waals surface area contributed by atoms with Crippen molar-refractivity contribution in [1.82, 2.24) is 4.98 Å². The lowest BCUT2D eigenvalue weighted by atomic mass is 10.1. The Morgan fingerprint density at radius 1 is 1.20 bits per heavy atom. The smallest absolute Gasteiger partial charge is 0.130 e. The number of aromatic nitrogens is 1. The van der Waals surface area contributed by atoms with E-state index in [0.717, 1.165) is 40.7 Å². The highest BCUT2D eigenvalue weighted by atomic mass is 35.5. The van der Waals surface area contributed by atoms with Crippen LogP contribution >= 0.6 is 11.6 Å². The Morgan fingerprint density at radius 2 is 2.05 bits per heavy atom. The largest absolute Gasteiger partial charge is 0.487 e. The molecule has 0 saturated heterocycles. The number of benzene rings is 1. The topological polar surface area (TPSA) is 34.2 Å². The molecule has 0 atom stereocenters. The van der Waals surface area contributed by atoms with E-state index in [1.165, 1.54) is 0 Å². The Hall–Kier alpha value is -1.74. The minimum atomic E-state index is 0.448. The molecule has 1 heterocycles. The van der Waals surface area contributed by atoms with Crippen LogP contribution in [-0.4, -0.2) is 11.5 Å². The van der Waals surface area contributed by atoms with Crippen LogP contribution in [0.25, 0.3) is 0 Å². The molecule has 1 aromatic heterocycles.